The van der Waals surface area contributed by atoms with Crippen LogP contribution in [0.5, 0.6) is 0 Å². The van der Waals surface area contributed by atoms with Gasteiger partial charge in [-0.05, 0) is 44.4 Å². The van der Waals surface area contributed by atoms with E-state index in [-0.39, 0.29) is 54.1 Å². The van der Waals surface area contributed by atoms with Gasteiger partial charge in [0.2, 0.25) is 11.8 Å². The highest BCUT2D eigenvalue weighted by Crippen LogP contribution is 2.40. The first kappa shape index (κ1) is 25.7. The van der Waals surface area contributed by atoms with Gasteiger partial charge in [-0.1, -0.05) is 57.0 Å². The first-order valence-corrected chi connectivity index (χ1v) is 13.9. The molecule has 0 spiro atoms. The van der Waals surface area contributed by atoms with Gasteiger partial charge in [0.15, 0.2) is 12.1 Å². The molecule has 4 aliphatic rings. The molecule has 2 N–H and O–H groups in total. The van der Waals surface area contributed by atoms with Crippen LogP contribution in [0.3, 0.4) is 0 Å². The van der Waals surface area contributed by atoms with E-state index in [4.69, 9.17) is 0 Å². The van der Waals surface area contributed by atoms with Crippen molar-refractivity contribution in [2.75, 3.05) is 13.1 Å². The van der Waals surface area contributed by atoms with Crippen molar-refractivity contribution < 1.29 is 19.2 Å². The van der Waals surface area contributed by atoms with Crippen molar-refractivity contribution in [2.45, 2.75) is 83.6 Å². The molecule has 37 heavy (non-hydrogen) atoms. The molecule has 9 heteroatoms. The highest BCUT2D eigenvalue weighted by Gasteiger charge is 2.56. The van der Waals surface area contributed by atoms with Crippen molar-refractivity contribution in [2.24, 2.45) is 17.8 Å². The third kappa shape index (κ3) is 5.23. The van der Waals surface area contributed by atoms with Crippen LogP contribution < -0.4 is 10.7 Å². The van der Waals surface area contributed by atoms with Gasteiger partial charge in [0.05, 0.1) is 5.92 Å². The molecule has 2 saturated carbocycles. The third-order valence-corrected chi connectivity index (χ3v) is 8.47. The molecule has 0 bridgehead atoms. The van der Waals surface area contributed by atoms with Crippen LogP contribution in [0.25, 0.3) is 0 Å². The van der Waals surface area contributed by atoms with Gasteiger partial charge in [-0.2, -0.15) is 5.43 Å². The summed E-state index contributed by atoms with van der Waals surface area (Å²) < 4.78 is 0. The minimum absolute atomic E-state index is 0.0399. The first-order valence-electron chi connectivity index (χ1n) is 13.9. The summed E-state index contributed by atoms with van der Waals surface area (Å²) in [7, 11) is 0. The van der Waals surface area contributed by atoms with E-state index < -0.39 is 6.29 Å². The predicted molar refractivity (Wildman–Crippen MR) is 138 cm³/mol. The van der Waals surface area contributed by atoms with Crippen LogP contribution in [0.15, 0.2) is 30.3 Å². The normalized spacial score (nSPS) is 28.0. The summed E-state index contributed by atoms with van der Waals surface area (Å²) in [4.78, 5) is 56.9. The number of hydrogen-bond donors (Lipinski definition) is 2. The predicted octanol–water partition coefficient (Wildman–Crippen LogP) is 3.13. The summed E-state index contributed by atoms with van der Waals surface area (Å²) in [6, 6.07) is 8.49. The second kappa shape index (κ2) is 10.8. The second-order valence-electron chi connectivity index (χ2n) is 11.5. The molecule has 2 saturated heterocycles. The SMILES string of the molecule is CC(C)CCN1C(=O)C2CCC(C(=O)NC3CCCC3)CC2N2C(=O)N(CC(=O)c3ccccc3)NC12. The number of benzene rings is 1. The van der Waals surface area contributed by atoms with Crippen molar-refractivity contribution in [1.29, 1.82) is 0 Å². The van der Waals surface area contributed by atoms with E-state index in [9.17, 15) is 19.2 Å². The Hall–Kier alpha value is -2.94. The number of nitrogens with zero attached hydrogens (tertiary/aromatic N) is 3. The van der Waals surface area contributed by atoms with E-state index >= 15 is 0 Å². The lowest BCUT2D eigenvalue weighted by atomic mass is 9.75. The minimum Gasteiger partial charge on any atom is -0.353 e. The number of carbonyl (C=O) groups is 4. The lowest BCUT2D eigenvalue weighted by Gasteiger charge is -2.50. The van der Waals surface area contributed by atoms with Crippen molar-refractivity contribution in [3.8, 4) is 0 Å². The number of amides is 4. The van der Waals surface area contributed by atoms with Crippen LogP contribution in [0.2, 0.25) is 0 Å². The van der Waals surface area contributed by atoms with E-state index in [1.807, 2.05) is 6.07 Å². The Kier molecular flexibility index (Phi) is 7.51. The zero-order chi connectivity index (χ0) is 26.1. The Bertz CT molecular complexity index is 1020. The first-order chi connectivity index (χ1) is 17.8. The Labute approximate surface area is 218 Å². The van der Waals surface area contributed by atoms with Crippen molar-refractivity contribution in [1.82, 2.24) is 25.6 Å². The molecule has 4 amide bonds. The minimum atomic E-state index is -0.639. The quantitative estimate of drug-likeness (QED) is 0.525. The second-order valence-corrected chi connectivity index (χ2v) is 11.5. The number of urea groups is 1. The van der Waals surface area contributed by atoms with E-state index in [1.54, 1.807) is 34.1 Å². The number of hydrogen-bond acceptors (Lipinski definition) is 5. The van der Waals surface area contributed by atoms with Gasteiger partial charge in [-0.25, -0.2) is 9.80 Å². The average molecular weight is 510 g/mol. The van der Waals surface area contributed by atoms with E-state index in [0.717, 1.165) is 32.1 Å². The molecule has 4 fully saturated rings. The molecule has 0 aromatic heterocycles. The Morgan fingerprint density at radius 3 is 2.49 bits per heavy atom. The fourth-order valence-electron chi connectivity index (χ4n) is 6.35. The molecular formula is C28H39N5O4. The van der Waals surface area contributed by atoms with Crippen molar-refractivity contribution in [3.63, 3.8) is 0 Å². The van der Waals surface area contributed by atoms with Gasteiger partial charge in [-0.15, -0.1) is 0 Å². The molecule has 2 heterocycles. The van der Waals surface area contributed by atoms with Crippen LogP contribution >= 0.6 is 0 Å². The molecule has 1 aromatic carbocycles. The molecule has 2 aliphatic carbocycles. The van der Waals surface area contributed by atoms with Gasteiger partial charge in [0.25, 0.3) is 0 Å². The smallest absolute Gasteiger partial charge is 0.337 e. The Morgan fingerprint density at radius 1 is 1.05 bits per heavy atom. The largest absolute Gasteiger partial charge is 0.353 e. The molecular weight excluding hydrogens is 470 g/mol. The van der Waals surface area contributed by atoms with Crippen LogP contribution in [0.4, 0.5) is 4.79 Å². The lowest BCUT2D eigenvalue weighted by molar-refractivity contribution is -0.159. The number of carbonyl (C=O) groups excluding carboxylic acids is 4. The summed E-state index contributed by atoms with van der Waals surface area (Å²) in [5, 5.41) is 4.56. The highest BCUT2D eigenvalue weighted by molar-refractivity contribution is 5.99. The van der Waals surface area contributed by atoms with Crippen LogP contribution in [-0.2, 0) is 9.59 Å². The third-order valence-electron chi connectivity index (χ3n) is 8.47. The molecule has 2 aliphatic heterocycles. The number of fused-ring (bicyclic) bond motifs is 3. The maximum absolute atomic E-state index is 13.7. The number of Topliss-reactive ketones (excluding diaryl/α,β-unsaturated/α-hetero) is 1. The fraction of sp³-hybridized carbons (Fsp3) is 0.643. The number of hydrazine groups is 1. The summed E-state index contributed by atoms with van der Waals surface area (Å²) in [6.07, 6.45) is 6.23. The number of ketones is 1. The summed E-state index contributed by atoms with van der Waals surface area (Å²) >= 11 is 0. The molecule has 4 atom stereocenters. The van der Waals surface area contributed by atoms with E-state index in [1.165, 1.54) is 5.01 Å². The number of nitrogens with one attached hydrogen (secondary N) is 2. The van der Waals surface area contributed by atoms with Crippen LogP contribution in [-0.4, -0.2) is 69.9 Å². The van der Waals surface area contributed by atoms with Gasteiger partial charge in [-0.3, -0.25) is 19.3 Å². The standard InChI is InChI=1S/C28H39N5O4/c1-18(2)14-15-31-26(36)22-13-12-20(25(35)29-21-10-6-7-11-21)16-23(22)33-27(31)30-32(28(33)37)17-24(34)19-8-4-3-5-9-19/h3-5,8-9,18,20-23,27,30H,6-7,10-17H2,1-2H3,(H,29,35). The monoisotopic (exact) mass is 509 g/mol. The maximum atomic E-state index is 13.7. The fourth-order valence-corrected chi connectivity index (χ4v) is 6.35. The van der Waals surface area contributed by atoms with Gasteiger partial charge >= 0.3 is 6.03 Å². The van der Waals surface area contributed by atoms with Gasteiger partial charge < -0.3 is 10.2 Å². The average Bonchev–Trinajstić information content (AvgIpc) is 3.52. The Balaban J connectivity index is 1.35. The van der Waals surface area contributed by atoms with Crippen molar-refractivity contribution in [3.05, 3.63) is 35.9 Å². The van der Waals surface area contributed by atoms with E-state index in [0.29, 0.717) is 37.3 Å². The molecule has 5 rings (SSSR count). The molecule has 0 radical (unpaired) electrons. The molecule has 9 nitrogen and oxygen atoms in total. The van der Waals surface area contributed by atoms with E-state index in [2.05, 4.69) is 24.6 Å². The molecule has 4 unspecified atom stereocenters. The zero-order valence-corrected chi connectivity index (χ0v) is 21.9. The number of rotatable bonds is 8. The zero-order valence-electron chi connectivity index (χ0n) is 21.9. The maximum Gasteiger partial charge on any atom is 0.337 e. The van der Waals surface area contributed by atoms with Crippen LogP contribution in [0, 0.1) is 17.8 Å². The molecule has 1 aromatic rings. The lowest BCUT2D eigenvalue weighted by Crippen LogP contribution is -2.67. The highest BCUT2D eigenvalue weighted by atomic mass is 16.2. The Morgan fingerprint density at radius 2 is 1.78 bits per heavy atom. The summed E-state index contributed by atoms with van der Waals surface area (Å²) in [5.41, 5.74) is 3.71. The van der Waals surface area contributed by atoms with Crippen molar-refractivity contribution >= 4 is 23.6 Å². The summed E-state index contributed by atoms with van der Waals surface area (Å²) in [5.74, 6) is -0.220. The molecule has 200 valence electrons. The topological polar surface area (TPSA) is 102 Å². The van der Waals surface area contributed by atoms with Gasteiger partial charge in [0.1, 0.15) is 6.54 Å². The van der Waals surface area contributed by atoms with Crippen LogP contribution in [0.1, 0.15) is 75.6 Å². The summed E-state index contributed by atoms with van der Waals surface area (Å²) in [6.45, 7) is 4.64. The van der Waals surface area contributed by atoms with Gasteiger partial charge in [0, 0.05) is 30.1 Å².